The molecule has 13 heavy (non-hydrogen) atoms. The Morgan fingerprint density at radius 2 is 2.00 bits per heavy atom. The molecule has 76 valence electrons. The highest BCUT2D eigenvalue weighted by atomic mass is 32.2. The summed E-state index contributed by atoms with van der Waals surface area (Å²) in [4.78, 5) is 0. The largest absolute Gasteiger partial charge is 0.212 e. The average molecular weight is 204 g/mol. The molecule has 0 aromatic heterocycles. The summed E-state index contributed by atoms with van der Waals surface area (Å²) in [7, 11) is -3.24. The first-order valence-corrected chi connectivity index (χ1v) is 6.10. The van der Waals surface area contributed by atoms with Gasteiger partial charge in [0, 0.05) is 0 Å². The van der Waals surface area contributed by atoms with Gasteiger partial charge in [0.25, 0.3) is 0 Å². The fourth-order valence-corrected chi connectivity index (χ4v) is 2.24. The van der Waals surface area contributed by atoms with E-state index < -0.39 is 16.1 Å². The third kappa shape index (κ3) is 5.61. The molecule has 0 amide bonds. The third-order valence-corrected chi connectivity index (χ3v) is 3.12. The van der Waals surface area contributed by atoms with Crippen molar-refractivity contribution >= 4 is 10.0 Å². The van der Waals surface area contributed by atoms with Crippen molar-refractivity contribution in [2.24, 2.45) is 0 Å². The summed E-state index contributed by atoms with van der Waals surface area (Å²) in [5.74, 6) is 0.0922. The topological polar surface area (TPSA) is 70.0 Å². The summed E-state index contributed by atoms with van der Waals surface area (Å²) >= 11 is 0. The van der Waals surface area contributed by atoms with Gasteiger partial charge in [0.1, 0.15) is 6.04 Å². The lowest BCUT2D eigenvalue weighted by Crippen LogP contribution is -2.35. The van der Waals surface area contributed by atoms with Gasteiger partial charge in [-0.15, -0.1) is 0 Å². The van der Waals surface area contributed by atoms with Crippen molar-refractivity contribution in [3.63, 3.8) is 0 Å². The number of hydrogen-bond donors (Lipinski definition) is 1. The summed E-state index contributed by atoms with van der Waals surface area (Å²) in [5.41, 5.74) is 0. The molecule has 0 bridgehead atoms. The van der Waals surface area contributed by atoms with Crippen molar-refractivity contribution in [3.05, 3.63) is 0 Å². The minimum absolute atomic E-state index is 0.0922. The Morgan fingerprint density at radius 1 is 1.38 bits per heavy atom. The Bertz CT molecular complexity index is 266. The third-order valence-electron chi connectivity index (χ3n) is 1.53. The van der Waals surface area contributed by atoms with Crippen molar-refractivity contribution in [2.45, 2.75) is 39.2 Å². The first kappa shape index (κ1) is 12.4. The molecule has 0 saturated heterocycles. The molecule has 0 fully saturated rings. The van der Waals surface area contributed by atoms with Gasteiger partial charge in [-0.25, -0.2) is 8.42 Å². The van der Waals surface area contributed by atoms with E-state index in [-0.39, 0.29) is 5.75 Å². The second-order valence-corrected chi connectivity index (χ2v) is 4.78. The van der Waals surface area contributed by atoms with Crippen LogP contribution in [0.5, 0.6) is 0 Å². The lowest BCUT2D eigenvalue weighted by atomic mass is 10.2. The van der Waals surface area contributed by atoms with E-state index in [1.165, 1.54) is 0 Å². The minimum atomic E-state index is -3.24. The van der Waals surface area contributed by atoms with Gasteiger partial charge < -0.3 is 0 Å². The van der Waals surface area contributed by atoms with Crippen LogP contribution in [0.1, 0.15) is 33.1 Å². The van der Waals surface area contributed by atoms with Crippen molar-refractivity contribution in [1.82, 2.24) is 4.72 Å². The molecule has 0 saturated carbocycles. The molecule has 4 nitrogen and oxygen atoms in total. The van der Waals surface area contributed by atoms with Gasteiger partial charge in [0.05, 0.1) is 11.8 Å². The Balaban J connectivity index is 4.16. The molecular formula is C8H16N2O2S. The molecule has 0 aliphatic carbocycles. The number of sulfonamides is 1. The summed E-state index contributed by atoms with van der Waals surface area (Å²) in [6, 6.07) is 1.36. The summed E-state index contributed by atoms with van der Waals surface area (Å²) < 4.78 is 24.8. The fourth-order valence-electron chi connectivity index (χ4n) is 0.983. The van der Waals surface area contributed by atoms with Gasteiger partial charge in [-0.1, -0.05) is 20.3 Å². The van der Waals surface area contributed by atoms with E-state index >= 15 is 0 Å². The smallest absolute Gasteiger partial charge is 0.212 e. The normalized spacial score (nSPS) is 13.6. The second-order valence-electron chi connectivity index (χ2n) is 2.91. The molecule has 1 unspecified atom stereocenters. The Kier molecular flexibility index (Phi) is 5.67. The highest BCUT2D eigenvalue weighted by Crippen LogP contribution is 1.98. The predicted octanol–water partition coefficient (Wildman–Crippen LogP) is 1.01. The first-order chi connectivity index (χ1) is 6.05. The van der Waals surface area contributed by atoms with Crippen LogP contribution < -0.4 is 4.72 Å². The summed E-state index contributed by atoms with van der Waals surface area (Å²) in [6.45, 7) is 3.71. The molecule has 1 atom stereocenters. The molecule has 0 aliphatic rings. The van der Waals surface area contributed by atoms with Crippen LogP contribution in [0.4, 0.5) is 0 Å². The maximum atomic E-state index is 11.2. The zero-order valence-electron chi connectivity index (χ0n) is 8.08. The highest BCUT2D eigenvalue weighted by Gasteiger charge is 2.15. The molecule has 0 radical (unpaired) electrons. The van der Waals surface area contributed by atoms with Gasteiger partial charge in [-0.2, -0.15) is 9.98 Å². The maximum Gasteiger partial charge on any atom is 0.212 e. The van der Waals surface area contributed by atoms with Crippen molar-refractivity contribution < 1.29 is 8.42 Å². The highest BCUT2D eigenvalue weighted by molar-refractivity contribution is 7.89. The van der Waals surface area contributed by atoms with E-state index in [2.05, 4.69) is 4.72 Å². The number of rotatable bonds is 6. The van der Waals surface area contributed by atoms with Crippen LogP contribution >= 0.6 is 0 Å². The monoisotopic (exact) mass is 204 g/mol. The SMILES string of the molecule is CCCC(C#N)NS(=O)(=O)CCC. The lowest BCUT2D eigenvalue weighted by Gasteiger charge is -2.09. The van der Waals surface area contributed by atoms with E-state index in [1.54, 1.807) is 6.92 Å². The van der Waals surface area contributed by atoms with Crippen molar-refractivity contribution in [2.75, 3.05) is 5.75 Å². The first-order valence-electron chi connectivity index (χ1n) is 4.45. The van der Waals surface area contributed by atoms with Gasteiger partial charge in [-0.3, -0.25) is 0 Å². The van der Waals surface area contributed by atoms with Gasteiger partial charge in [0.15, 0.2) is 0 Å². The summed E-state index contributed by atoms with van der Waals surface area (Å²) in [5, 5.41) is 8.61. The fraction of sp³-hybridized carbons (Fsp3) is 0.875. The van der Waals surface area contributed by atoms with E-state index in [9.17, 15) is 8.42 Å². The molecule has 5 heteroatoms. The second kappa shape index (κ2) is 5.95. The molecule has 0 spiro atoms. The van der Waals surface area contributed by atoms with Crippen LogP contribution in [0.3, 0.4) is 0 Å². The van der Waals surface area contributed by atoms with E-state index in [1.807, 2.05) is 13.0 Å². The molecule has 1 N–H and O–H groups in total. The predicted molar refractivity (Wildman–Crippen MR) is 51.5 cm³/mol. The number of nitriles is 1. The average Bonchev–Trinajstić information content (AvgIpc) is 2.03. The number of hydrogen-bond acceptors (Lipinski definition) is 3. The molecule has 0 rings (SSSR count). The Hall–Kier alpha value is -0.600. The zero-order chi connectivity index (χ0) is 10.3. The number of nitrogens with zero attached hydrogens (tertiary/aromatic N) is 1. The van der Waals surface area contributed by atoms with Gasteiger partial charge in [0.2, 0.25) is 10.0 Å². The molecule has 0 aliphatic heterocycles. The lowest BCUT2D eigenvalue weighted by molar-refractivity contribution is 0.562. The quantitative estimate of drug-likeness (QED) is 0.702. The molecule has 0 aromatic carbocycles. The zero-order valence-corrected chi connectivity index (χ0v) is 8.89. The van der Waals surface area contributed by atoms with E-state index in [0.29, 0.717) is 12.8 Å². The molecular weight excluding hydrogens is 188 g/mol. The minimum Gasteiger partial charge on any atom is -0.212 e. The van der Waals surface area contributed by atoms with Crippen LogP contribution in [0.15, 0.2) is 0 Å². The van der Waals surface area contributed by atoms with Crippen LogP contribution in [0, 0.1) is 11.3 Å². The van der Waals surface area contributed by atoms with Gasteiger partial charge >= 0.3 is 0 Å². The van der Waals surface area contributed by atoms with Crippen LogP contribution in [0.25, 0.3) is 0 Å². The summed E-state index contributed by atoms with van der Waals surface area (Å²) in [6.07, 6.45) is 1.94. The Labute approximate surface area is 80.0 Å². The maximum absolute atomic E-state index is 11.2. The number of nitrogens with one attached hydrogen (secondary N) is 1. The van der Waals surface area contributed by atoms with Gasteiger partial charge in [-0.05, 0) is 12.8 Å². The molecule has 0 heterocycles. The van der Waals surface area contributed by atoms with E-state index in [0.717, 1.165) is 6.42 Å². The Morgan fingerprint density at radius 3 is 2.38 bits per heavy atom. The van der Waals surface area contributed by atoms with E-state index in [4.69, 9.17) is 5.26 Å². The van der Waals surface area contributed by atoms with Crippen molar-refractivity contribution in [1.29, 1.82) is 5.26 Å². The molecule has 0 aromatic rings. The van der Waals surface area contributed by atoms with Crippen LogP contribution in [-0.4, -0.2) is 20.2 Å². The van der Waals surface area contributed by atoms with Crippen LogP contribution in [-0.2, 0) is 10.0 Å². The standard InChI is InChI=1S/C8H16N2O2S/c1-3-5-8(7-9)10-13(11,12)6-4-2/h8,10H,3-6H2,1-2H3. The van der Waals surface area contributed by atoms with Crippen LogP contribution in [0.2, 0.25) is 0 Å². The van der Waals surface area contributed by atoms with Crippen molar-refractivity contribution in [3.8, 4) is 6.07 Å².